The van der Waals surface area contributed by atoms with Crippen molar-refractivity contribution in [2.24, 2.45) is 17.6 Å². The van der Waals surface area contributed by atoms with E-state index in [1.165, 1.54) is 11.1 Å². The van der Waals surface area contributed by atoms with Gasteiger partial charge >= 0.3 is 0 Å². The molecule has 1 nitrogen and oxygen atoms in total. The maximum absolute atomic E-state index is 5.65. The van der Waals surface area contributed by atoms with E-state index in [1.54, 1.807) is 0 Å². The summed E-state index contributed by atoms with van der Waals surface area (Å²) in [5.41, 5.74) is 9.04. The van der Waals surface area contributed by atoms with Crippen LogP contribution in [-0.2, 0) is 0 Å². The highest BCUT2D eigenvalue weighted by atomic mass is 14.5. The molecule has 0 rings (SSSR count). The fourth-order valence-corrected chi connectivity index (χ4v) is 1.36. The zero-order valence-corrected chi connectivity index (χ0v) is 10.8. The molecule has 86 valence electrons. The quantitative estimate of drug-likeness (QED) is 0.677. The molecule has 0 bridgehead atoms. The highest BCUT2D eigenvalue weighted by Crippen LogP contribution is 2.26. The molecular formula is C14H25N. The van der Waals surface area contributed by atoms with Crippen molar-refractivity contribution in [3.05, 3.63) is 35.6 Å². The molecule has 0 heterocycles. The Hall–Kier alpha value is -0.980. The van der Waals surface area contributed by atoms with Crippen molar-refractivity contribution in [2.75, 3.05) is 0 Å². The average Bonchev–Trinajstić information content (AvgIpc) is 2.16. The van der Waals surface area contributed by atoms with Crippen LogP contribution in [0.25, 0.3) is 0 Å². The lowest BCUT2D eigenvalue weighted by atomic mass is 9.86. The van der Waals surface area contributed by atoms with Crippen LogP contribution in [0, 0.1) is 11.8 Å². The van der Waals surface area contributed by atoms with E-state index in [-0.39, 0.29) is 0 Å². The molecule has 0 amide bonds. The SMILES string of the molecule is C=C(/C(=C\C=C(/C)N)C(C)CC)C(C)C. The van der Waals surface area contributed by atoms with Crippen LogP contribution in [0.3, 0.4) is 0 Å². The van der Waals surface area contributed by atoms with E-state index in [1.807, 2.05) is 13.0 Å². The Labute approximate surface area is 94.8 Å². The zero-order valence-electron chi connectivity index (χ0n) is 10.8. The van der Waals surface area contributed by atoms with Crippen LogP contribution in [0.2, 0.25) is 0 Å². The predicted octanol–water partition coefficient (Wildman–Crippen LogP) is 4.03. The number of nitrogens with two attached hydrogens (primary N) is 1. The number of rotatable bonds is 5. The van der Waals surface area contributed by atoms with Crippen LogP contribution >= 0.6 is 0 Å². The molecule has 0 aromatic carbocycles. The van der Waals surface area contributed by atoms with Crippen molar-refractivity contribution < 1.29 is 0 Å². The summed E-state index contributed by atoms with van der Waals surface area (Å²) >= 11 is 0. The lowest BCUT2D eigenvalue weighted by molar-refractivity contribution is 0.634. The Morgan fingerprint density at radius 3 is 2.13 bits per heavy atom. The molecule has 0 aromatic rings. The zero-order chi connectivity index (χ0) is 12.0. The van der Waals surface area contributed by atoms with Gasteiger partial charge < -0.3 is 5.73 Å². The second-order valence-corrected chi connectivity index (χ2v) is 4.52. The third-order valence-electron chi connectivity index (χ3n) is 2.74. The van der Waals surface area contributed by atoms with Gasteiger partial charge in [-0.05, 0) is 42.4 Å². The van der Waals surface area contributed by atoms with Crippen LogP contribution in [0.5, 0.6) is 0 Å². The molecule has 0 saturated heterocycles. The topological polar surface area (TPSA) is 26.0 Å². The Kier molecular flexibility index (Phi) is 6.07. The molecule has 0 fully saturated rings. The lowest BCUT2D eigenvalue weighted by Crippen LogP contribution is -2.05. The van der Waals surface area contributed by atoms with E-state index in [2.05, 4.69) is 40.3 Å². The summed E-state index contributed by atoms with van der Waals surface area (Å²) in [6.07, 6.45) is 5.22. The first kappa shape index (κ1) is 14.0. The molecule has 1 unspecified atom stereocenters. The molecule has 2 N–H and O–H groups in total. The summed E-state index contributed by atoms with van der Waals surface area (Å²) in [4.78, 5) is 0. The minimum absolute atomic E-state index is 0.497. The Morgan fingerprint density at radius 2 is 1.80 bits per heavy atom. The van der Waals surface area contributed by atoms with Gasteiger partial charge in [0.05, 0.1) is 0 Å². The third kappa shape index (κ3) is 4.87. The van der Waals surface area contributed by atoms with E-state index in [0.717, 1.165) is 12.1 Å². The van der Waals surface area contributed by atoms with Gasteiger partial charge in [0, 0.05) is 5.70 Å². The van der Waals surface area contributed by atoms with Crippen LogP contribution in [0.1, 0.15) is 41.0 Å². The molecule has 0 aliphatic carbocycles. The van der Waals surface area contributed by atoms with Crippen molar-refractivity contribution in [3.63, 3.8) is 0 Å². The van der Waals surface area contributed by atoms with Gasteiger partial charge in [0.1, 0.15) is 0 Å². The summed E-state index contributed by atoms with van der Waals surface area (Å²) in [7, 11) is 0. The first-order chi connectivity index (χ1) is 6.90. The van der Waals surface area contributed by atoms with Gasteiger partial charge in [-0.25, -0.2) is 0 Å². The largest absolute Gasteiger partial charge is 0.402 e. The molecular weight excluding hydrogens is 182 g/mol. The van der Waals surface area contributed by atoms with E-state index in [4.69, 9.17) is 5.73 Å². The first-order valence-electron chi connectivity index (χ1n) is 5.73. The number of hydrogen-bond donors (Lipinski definition) is 1. The van der Waals surface area contributed by atoms with Gasteiger partial charge in [-0.2, -0.15) is 0 Å². The standard InChI is InChI=1S/C14H25N/c1-7-11(4)14(9-8-12(5)15)13(6)10(2)3/h8-11H,6-7,15H2,1-5H3/b12-8+,14-9-. The highest BCUT2D eigenvalue weighted by Gasteiger charge is 2.12. The number of hydrogen-bond acceptors (Lipinski definition) is 1. The summed E-state index contributed by atoms with van der Waals surface area (Å²) in [6.45, 7) is 14.9. The molecule has 0 spiro atoms. The van der Waals surface area contributed by atoms with Gasteiger partial charge in [-0.3, -0.25) is 0 Å². The maximum atomic E-state index is 5.65. The second kappa shape index (κ2) is 6.49. The molecule has 1 heteroatoms. The van der Waals surface area contributed by atoms with Crippen molar-refractivity contribution >= 4 is 0 Å². The van der Waals surface area contributed by atoms with E-state index < -0.39 is 0 Å². The third-order valence-corrected chi connectivity index (χ3v) is 2.74. The molecule has 0 aromatic heterocycles. The molecule has 0 aliphatic heterocycles. The van der Waals surface area contributed by atoms with Gasteiger partial charge in [-0.15, -0.1) is 0 Å². The van der Waals surface area contributed by atoms with Crippen LogP contribution < -0.4 is 5.73 Å². The van der Waals surface area contributed by atoms with E-state index in [9.17, 15) is 0 Å². The first-order valence-corrected chi connectivity index (χ1v) is 5.73. The minimum atomic E-state index is 0.497. The van der Waals surface area contributed by atoms with Gasteiger partial charge in [0.15, 0.2) is 0 Å². The molecule has 15 heavy (non-hydrogen) atoms. The van der Waals surface area contributed by atoms with Gasteiger partial charge in [0.2, 0.25) is 0 Å². The monoisotopic (exact) mass is 207 g/mol. The Morgan fingerprint density at radius 1 is 1.27 bits per heavy atom. The number of allylic oxidation sites excluding steroid dienone is 5. The summed E-state index contributed by atoms with van der Waals surface area (Å²) in [5.74, 6) is 1.05. The highest BCUT2D eigenvalue weighted by molar-refractivity contribution is 5.35. The van der Waals surface area contributed by atoms with E-state index >= 15 is 0 Å². The Balaban J connectivity index is 4.98. The van der Waals surface area contributed by atoms with Crippen molar-refractivity contribution in [3.8, 4) is 0 Å². The summed E-state index contributed by atoms with van der Waals surface area (Å²) < 4.78 is 0. The Bertz CT molecular complexity index is 265. The van der Waals surface area contributed by atoms with Crippen LogP contribution in [0.4, 0.5) is 0 Å². The minimum Gasteiger partial charge on any atom is -0.402 e. The van der Waals surface area contributed by atoms with Crippen molar-refractivity contribution in [1.82, 2.24) is 0 Å². The molecule has 0 aliphatic rings. The van der Waals surface area contributed by atoms with Crippen molar-refractivity contribution in [1.29, 1.82) is 0 Å². The summed E-state index contributed by atoms with van der Waals surface area (Å²) in [6, 6.07) is 0. The molecule has 0 saturated carbocycles. The van der Waals surface area contributed by atoms with Crippen molar-refractivity contribution in [2.45, 2.75) is 41.0 Å². The predicted molar refractivity (Wildman–Crippen MR) is 69.5 cm³/mol. The molecule has 0 radical (unpaired) electrons. The fourth-order valence-electron chi connectivity index (χ4n) is 1.36. The fraction of sp³-hybridized carbons (Fsp3) is 0.571. The average molecular weight is 207 g/mol. The van der Waals surface area contributed by atoms with E-state index in [0.29, 0.717) is 11.8 Å². The lowest BCUT2D eigenvalue weighted by Gasteiger charge is -2.19. The second-order valence-electron chi connectivity index (χ2n) is 4.52. The summed E-state index contributed by atoms with van der Waals surface area (Å²) in [5, 5.41) is 0. The molecule has 1 atom stereocenters. The maximum Gasteiger partial charge on any atom is 0.00489 e. The van der Waals surface area contributed by atoms with Gasteiger partial charge in [-0.1, -0.05) is 40.3 Å². The van der Waals surface area contributed by atoms with Crippen LogP contribution in [0.15, 0.2) is 35.6 Å². The van der Waals surface area contributed by atoms with Crippen LogP contribution in [-0.4, -0.2) is 0 Å². The van der Waals surface area contributed by atoms with Gasteiger partial charge in [0.25, 0.3) is 0 Å². The normalized spacial score (nSPS) is 15.6. The smallest absolute Gasteiger partial charge is 0.00489 e.